The molecule has 3 aromatic rings. The Bertz CT molecular complexity index is 920. The number of benzene rings is 2. The van der Waals surface area contributed by atoms with Gasteiger partial charge in [-0.15, -0.1) is 11.3 Å². The van der Waals surface area contributed by atoms with Gasteiger partial charge in [0.25, 0.3) is 5.91 Å². The van der Waals surface area contributed by atoms with Crippen LogP contribution < -0.4 is 11.1 Å². The second-order valence-corrected chi connectivity index (χ2v) is 6.79. The maximum absolute atomic E-state index is 12.3. The van der Waals surface area contributed by atoms with E-state index in [1.54, 1.807) is 18.2 Å². The molecule has 0 radical (unpaired) electrons. The second-order valence-electron chi connectivity index (χ2n) is 5.62. The molecule has 1 amide bonds. The number of rotatable bonds is 6. The SMILES string of the molecule is CC(=NOCc1ccc(C(=O)Nc2ccccc2N)s1)c1ccccc1. The third-order valence-electron chi connectivity index (χ3n) is 3.69. The number of oxime groups is 1. The molecule has 0 aliphatic heterocycles. The van der Waals surface area contributed by atoms with Crippen LogP contribution in [0.1, 0.15) is 27.0 Å². The molecule has 0 bridgehead atoms. The summed E-state index contributed by atoms with van der Waals surface area (Å²) in [6.07, 6.45) is 0. The Balaban J connectivity index is 1.58. The molecule has 0 saturated heterocycles. The monoisotopic (exact) mass is 365 g/mol. The Labute approximate surface area is 156 Å². The summed E-state index contributed by atoms with van der Waals surface area (Å²) in [7, 11) is 0. The van der Waals surface area contributed by atoms with Crippen molar-refractivity contribution in [2.24, 2.45) is 5.16 Å². The highest BCUT2D eigenvalue weighted by atomic mass is 32.1. The molecule has 5 nitrogen and oxygen atoms in total. The van der Waals surface area contributed by atoms with Gasteiger partial charge in [0, 0.05) is 4.88 Å². The lowest BCUT2D eigenvalue weighted by Crippen LogP contribution is -2.11. The number of nitrogens with two attached hydrogens (primary N) is 1. The van der Waals surface area contributed by atoms with E-state index in [1.165, 1.54) is 11.3 Å². The first-order valence-corrected chi connectivity index (χ1v) is 8.91. The number of thiophene rings is 1. The summed E-state index contributed by atoms with van der Waals surface area (Å²) in [5.74, 6) is -0.192. The molecule has 3 N–H and O–H groups in total. The summed E-state index contributed by atoms with van der Waals surface area (Å²) < 4.78 is 0. The number of hydrogen-bond donors (Lipinski definition) is 2. The molecular formula is C20H19N3O2S. The number of nitrogens with one attached hydrogen (secondary N) is 1. The van der Waals surface area contributed by atoms with Crippen LogP contribution in [0, 0.1) is 0 Å². The van der Waals surface area contributed by atoms with E-state index in [1.807, 2.05) is 55.5 Å². The molecule has 3 rings (SSSR count). The standard InChI is InChI=1S/C20H19N3O2S/c1-14(15-7-3-2-4-8-15)23-25-13-16-11-12-19(26-16)20(24)22-18-10-6-5-9-17(18)21/h2-12H,13,21H2,1H3,(H,22,24). The van der Waals surface area contributed by atoms with Crippen molar-refractivity contribution >= 4 is 34.3 Å². The van der Waals surface area contributed by atoms with E-state index in [0.29, 0.717) is 22.9 Å². The molecule has 0 saturated carbocycles. The number of anilines is 2. The van der Waals surface area contributed by atoms with Crippen LogP contribution in [-0.2, 0) is 11.4 Å². The molecule has 6 heteroatoms. The van der Waals surface area contributed by atoms with Crippen molar-refractivity contribution in [1.29, 1.82) is 0 Å². The quantitative estimate of drug-likeness (QED) is 0.383. The first-order chi connectivity index (χ1) is 12.6. The molecule has 26 heavy (non-hydrogen) atoms. The summed E-state index contributed by atoms with van der Waals surface area (Å²) in [6, 6.07) is 20.6. The average molecular weight is 365 g/mol. The number of nitrogen functional groups attached to an aromatic ring is 1. The zero-order valence-electron chi connectivity index (χ0n) is 14.3. The fourth-order valence-electron chi connectivity index (χ4n) is 2.30. The predicted octanol–water partition coefficient (Wildman–Crippen LogP) is 4.52. The van der Waals surface area contributed by atoms with Crippen LogP contribution in [0.25, 0.3) is 0 Å². The third kappa shape index (κ3) is 4.49. The number of amides is 1. The van der Waals surface area contributed by atoms with Crippen molar-refractivity contribution < 1.29 is 9.63 Å². The van der Waals surface area contributed by atoms with Crippen LogP contribution in [0.5, 0.6) is 0 Å². The van der Waals surface area contributed by atoms with Crippen LogP contribution >= 0.6 is 11.3 Å². The summed E-state index contributed by atoms with van der Waals surface area (Å²) in [5, 5.41) is 6.94. The topological polar surface area (TPSA) is 76.7 Å². The molecule has 0 aliphatic rings. The Morgan fingerprint density at radius 3 is 2.58 bits per heavy atom. The van der Waals surface area contributed by atoms with Gasteiger partial charge in [-0.3, -0.25) is 4.79 Å². The van der Waals surface area contributed by atoms with Gasteiger partial charge in [0.1, 0.15) is 0 Å². The van der Waals surface area contributed by atoms with Gasteiger partial charge in [0.05, 0.1) is 22.0 Å². The Kier molecular flexibility index (Phi) is 5.66. The lowest BCUT2D eigenvalue weighted by molar-refractivity contribution is 0.103. The maximum atomic E-state index is 12.3. The zero-order valence-corrected chi connectivity index (χ0v) is 15.1. The van der Waals surface area contributed by atoms with Gasteiger partial charge in [-0.05, 0) is 36.8 Å². The highest BCUT2D eigenvalue weighted by Crippen LogP contribution is 2.22. The van der Waals surface area contributed by atoms with Gasteiger partial charge < -0.3 is 15.9 Å². The summed E-state index contributed by atoms with van der Waals surface area (Å²) in [5.41, 5.74) is 8.80. The molecule has 0 atom stereocenters. The first kappa shape index (κ1) is 17.7. The van der Waals surface area contributed by atoms with Crippen LogP contribution in [-0.4, -0.2) is 11.6 Å². The predicted molar refractivity (Wildman–Crippen MR) is 107 cm³/mol. The number of hydrogen-bond acceptors (Lipinski definition) is 5. The number of nitrogens with zero attached hydrogens (tertiary/aromatic N) is 1. The van der Waals surface area contributed by atoms with E-state index in [4.69, 9.17) is 10.6 Å². The van der Waals surface area contributed by atoms with Crippen molar-refractivity contribution in [3.8, 4) is 0 Å². The van der Waals surface area contributed by atoms with E-state index in [0.717, 1.165) is 16.2 Å². The minimum Gasteiger partial charge on any atom is -0.397 e. The second kappa shape index (κ2) is 8.31. The molecule has 1 heterocycles. The number of para-hydroxylation sites is 2. The van der Waals surface area contributed by atoms with Crippen molar-refractivity contribution in [2.45, 2.75) is 13.5 Å². The van der Waals surface area contributed by atoms with E-state index in [-0.39, 0.29) is 5.91 Å². The molecule has 0 spiro atoms. The molecule has 0 fully saturated rings. The molecule has 0 unspecified atom stereocenters. The van der Waals surface area contributed by atoms with Crippen molar-refractivity contribution in [1.82, 2.24) is 0 Å². The summed E-state index contributed by atoms with van der Waals surface area (Å²) >= 11 is 1.37. The molecular weight excluding hydrogens is 346 g/mol. The van der Waals surface area contributed by atoms with Gasteiger partial charge in [0.2, 0.25) is 0 Å². The third-order valence-corrected chi connectivity index (χ3v) is 4.75. The number of carbonyl (C=O) groups excluding carboxylic acids is 1. The van der Waals surface area contributed by atoms with E-state index in [9.17, 15) is 4.79 Å². The minimum absolute atomic E-state index is 0.192. The first-order valence-electron chi connectivity index (χ1n) is 8.10. The van der Waals surface area contributed by atoms with Gasteiger partial charge in [-0.25, -0.2) is 0 Å². The van der Waals surface area contributed by atoms with Gasteiger partial charge >= 0.3 is 0 Å². The van der Waals surface area contributed by atoms with Crippen LogP contribution in [0.3, 0.4) is 0 Å². The molecule has 1 aromatic heterocycles. The van der Waals surface area contributed by atoms with E-state index < -0.39 is 0 Å². The largest absolute Gasteiger partial charge is 0.397 e. The van der Waals surface area contributed by atoms with Crippen molar-refractivity contribution in [2.75, 3.05) is 11.1 Å². The Morgan fingerprint density at radius 2 is 1.81 bits per heavy atom. The van der Waals surface area contributed by atoms with E-state index >= 15 is 0 Å². The van der Waals surface area contributed by atoms with Gasteiger partial charge in [0.15, 0.2) is 6.61 Å². The van der Waals surface area contributed by atoms with Crippen LogP contribution in [0.2, 0.25) is 0 Å². The number of carbonyl (C=O) groups is 1. The zero-order chi connectivity index (χ0) is 18.4. The maximum Gasteiger partial charge on any atom is 0.265 e. The lowest BCUT2D eigenvalue weighted by atomic mass is 10.1. The Morgan fingerprint density at radius 1 is 1.08 bits per heavy atom. The lowest BCUT2D eigenvalue weighted by Gasteiger charge is -2.06. The fourth-order valence-corrected chi connectivity index (χ4v) is 3.11. The van der Waals surface area contributed by atoms with Crippen LogP contribution in [0.15, 0.2) is 71.9 Å². The van der Waals surface area contributed by atoms with Gasteiger partial charge in [-0.2, -0.15) is 0 Å². The summed E-state index contributed by atoms with van der Waals surface area (Å²) in [4.78, 5) is 19.2. The van der Waals surface area contributed by atoms with E-state index in [2.05, 4.69) is 10.5 Å². The smallest absolute Gasteiger partial charge is 0.265 e. The Hall–Kier alpha value is -3.12. The summed E-state index contributed by atoms with van der Waals surface area (Å²) in [6.45, 7) is 2.21. The molecule has 132 valence electrons. The van der Waals surface area contributed by atoms with Crippen LogP contribution in [0.4, 0.5) is 11.4 Å². The van der Waals surface area contributed by atoms with Crippen molar-refractivity contribution in [3.05, 3.63) is 82.0 Å². The molecule has 2 aromatic carbocycles. The fraction of sp³-hybridized carbons (Fsp3) is 0.100. The minimum atomic E-state index is -0.192. The molecule has 0 aliphatic carbocycles. The van der Waals surface area contributed by atoms with Crippen molar-refractivity contribution in [3.63, 3.8) is 0 Å². The normalized spacial score (nSPS) is 11.2. The van der Waals surface area contributed by atoms with Gasteiger partial charge in [-0.1, -0.05) is 47.6 Å². The average Bonchev–Trinajstić information content (AvgIpc) is 3.13. The highest BCUT2D eigenvalue weighted by Gasteiger charge is 2.11. The highest BCUT2D eigenvalue weighted by molar-refractivity contribution is 7.14.